The number of aliphatic hydroxyl groups excluding tert-OH is 2. The first-order valence-corrected chi connectivity index (χ1v) is 28.8. The molecule has 0 radical (unpaired) electrons. The van der Waals surface area contributed by atoms with Crippen molar-refractivity contribution in [2.24, 2.45) is 63.1 Å². The summed E-state index contributed by atoms with van der Waals surface area (Å²) in [5, 5.41) is 40.5. The first-order chi connectivity index (χ1) is 34.1. The second kappa shape index (κ2) is 20.4. The number of rotatable bonds is 16. The maximum absolute atomic E-state index is 14.0. The van der Waals surface area contributed by atoms with Gasteiger partial charge < -0.3 is 24.8 Å². The number of carbonyl (C=O) groups excluding carboxylic acids is 2. The lowest BCUT2D eigenvalue weighted by Crippen LogP contribution is -2.77. The van der Waals surface area contributed by atoms with Crippen molar-refractivity contribution >= 4 is 11.9 Å². The van der Waals surface area contributed by atoms with Crippen LogP contribution < -0.4 is 0 Å². The molecule has 3 N–H and O–H groups in total. The predicted octanol–water partition coefficient (Wildman–Crippen LogP) is 12.8. The average Bonchev–Trinajstić information content (AvgIpc) is 4.05. The zero-order valence-electron chi connectivity index (χ0n) is 44.0. The average molecular weight is 969 g/mol. The number of hydrogen-bond donors (Lipinski definition) is 3. The second-order valence-electron chi connectivity index (χ2n) is 26.1. The summed E-state index contributed by atoms with van der Waals surface area (Å²) in [5.41, 5.74) is 1.13. The van der Waals surface area contributed by atoms with Gasteiger partial charge in [-0.1, -0.05) is 113 Å². The lowest BCUT2D eigenvalue weighted by atomic mass is 9.36. The van der Waals surface area contributed by atoms with Crippen LogP contribution in [-0.4, -0.2) is 57.8 Å². The van der Waals surface area contributed by atoms with Gasteiger partial charge in [0, 0.05) is 31.3 Å². The number of fused-ring (bicyclic) bond motifs is 3. The number of aryl methyl sites for hydroxylation is 1. The number of benzene rings is 2. The van der Waals surface area contributed by atoms with Gasteiger partial charge in [-0.3, -0.25) is 4.79 Å². The fourth-order valence-electron chi connectivity index (χ4n) is 19.0. The third kappa shape index (κ3) is 9.43. The number of ether oxygens (including phenoxy) is 2. The van der Waals surface area contributed by atoms with Gasteiger partial charge in [0.15, 0.2) is 0 Å². The molecule has 2 spiro atoms. The summed E-state index contributed by atoms with van der Waals surface area (Å²) in [4.78, 5) is 25.8. The highest BCUT2D eigenvalue weighted by Gasteiger charge is 2.75. The van der Waals surface area contributed by atoms with Gasteiger partial charge in [-0.15, -0.1) is 5.92 Å². The fourth-order valence-corrected chi connectivity index (χ4v) is 19.0. The smallest absolute Gasteiger partial charge is 0.331 e. The van der Waals surface area contributed by atoms with E-state index in [1.54, 1.807) is 11.6 Å². The maximum Gasteiger partial charge on any atom is 0.331 e. The lowest BCUT2D eigenvalue weighted by molar-refractivity contribution is -0.328. The van der Waals surface area contributed by atoms with E-state index in [9.17, 15) is 24.9 Å². The van der Waals surface area contributed by atoms with Crippen molar-refractivity contribution in [3.05, 3.63) is 83.4 Å². The summed E-state index contributed by atoms with van der Waals surface area (Å²) < 4.78 is 11.9. The minimum atomic E-state index is -1.53. The molecule has 7 aliphatic carbocycles. The zero-order valence-corrected chi connectivity index (χ0v) is 44.0. The predicted molar refractivity (Wildman–Crippen MR) is 280 cm³/mol. The molecule has 8 aliphatic rings. The van der Waals surface area contributed by atoms with Crippen molar-refractivity contribution in [1.82, 2.24) is 0 Å². The fraction of sp³-hybridized carbons (Fsp3) is 0.719. The first kappa shape index (κ1) is 51.1. The molecular weight excluding hydrogens is 881 g/mol. The molecule has 10 rings (SSSR count). The second-order valence-corrected chi connectivity index (χ2v) is 26.1. The molecule has 0 amide bonds. The van der Waals surface area contributed by atoms with Gasteiger partial charge in [-0.2, -0.15) is 0 Å². The van der Waals surface area contributed by atoms with Crippen LogP contribution in [0.1, 0.15) is 193 Å². The number of esters is 2. The Morgan fingerprint density at radius 1 is 0.901 bits per heavy atom. The Bertz CT molecular complexity index is 2290. The van der Waals surface area contributed by atoms with Crippen LogP contribution in [0.3, 0.4) is 0 Å². The summed E-state index contributed by atoms with van der Waals surface area (Å²) in [6, 6.07) is 22.2. The Morgan fingerprint density at radius 3 is 2.39 bits per heavy atom. The van der Waals surface area contributed by atoms with Crippen molar-refractivity contribution < 1.29 is 34.4 Å². The van der Waals surface area contributed by atoms with Crippen LogP contribution in [0.15, 0.2) is 72.3 Å². The van der Waals surface area contributed by atoms with Crippen molar-refractivity contribution in [2.75, 3.05) is 6.61 Å². The molecule has 6 fully saturated rings. The molecule has 2 aromatic carbocycles. The number of cyclic esters (lactones) is 1. The quantitative estimate of drug-likeness (QED) is 0.113. The summed E-state index contributed by atoms with van der Waals surface area (Å²) in [6.07, 6.45) is 24.0. The van der Waals surface area contributed by atoms with Gasteiger partial charge in [0.05, 0.1) is 23.2 Å². The molecule has 7 nitrogen and oxygen atoms in total. The lowest BCUT2D eigenvalue weighted by Gasteiger charge is -2.70. The van der Waals surface area contributed by atoms with Gasteiger partial charge >= 0.3 is 11.9 Å². The molecule has 15 atom stereocenters. The van der Waals surface area contributed by atoms with Crippen LogP contribution in [0.5, 0.6) is 0 Å². The molecule has 15 unspecified atom stereocenters. The Labute approximate surface area is 427 Å². The summed E-state index contributed by atoms with van der Waals surface area (Å²) in [5.74, 6) is 8.21. The molecule has 7 heteroatoms. The van der Waals surface area contributed by atoms with Crippen LogP contribution in [0.2, 0.25) is 0 Å². The maximum atomic E-state index is 14.0. The van der Waals surface area contributed by atoms with E-state index < -0.39 is 46.6 Å². The van der Waals surface area contributed by atoms with E-state index in [-0.39, 0.29) is 47.6 Å². The minimum Gasteiger partial charge on any atom is -0.462 e. The Balaban J connectivity index is 0.999. The van der Waals surface area contributed by atoms with E-state index in [0.29, 0.717) is 55.3 Å². The molecule has 0 aromatic heterocycles. The van der Waals surface area contributed by atoms with Crippen LogP contribution in [0.25, 0.3) is 0 Å². The van der Waals surface area contributed by atoms with Crippen molar-refractivity contribution in [1.29, 1.82) is 0 Å². The summed E-state index contributed by atoms with van der Waals surface area (Å²) in [6.45, 7) is 8.39. The molecule has 1 heterocycles. The minimum absolute atomic E-state index is 0.131. The van der Waals surface area contributed by atoms with Gasteiger partial charge in [0.2, 0.25) is 0 Å². The largest absolute Gasteiger partial charge is 0.462 e. The molecular formula is C64H88O7. The monoisotopic (exact) mass is 969 g/mol. The van der Waals surface area contributed by atoms with Gasteiger partial charge in [-0.05, 0) is 196 Å². The van der Waals surface area contributed by atoms with Crippen LogP contribution in [0.4, 0.5) is 0 Å². The molecule has 4 bridgehead atoms. The van der Waals surface area contributed by atoms with Gasteiger partial charge in [0.1, 0.15) is 12.7 Å². The highest BCUT2D eigenvalue weighted by molar-refractivity contribution is 5.85. The van der Waals surface area contributed by atoms with Crippen molar-refractivity contribution in [3.63, 3.8) is 0 Å². The van der Waals surface area contributed by atoms with E-state index in [4.69, 9.17) is 9.47 Å². The van der Waals surface area contributed by atoms with E-state index in [0.717, 1.165) is 56.9 Å². The molecule has 6 saturated carbocycles. The van der Waals surface area contributed by atoms with Crippen LogP contribution in [0, 0.1) is 74.9 Å². The van der Waals surface area contributed by atoms with Crippen LogP contribution >= 0.6 is 0 Å². The molecule has 386 valence electrons. The Morgan fingerprint density at radius 2 is 1.66 bits per heavy atom. The van der Waals surface area contributed by atoms with Gasteiger partial charge in [0.25, 0.3) is 0 Å². The molecule has 0 saturated heterocycles. The number of carbonyl (C=O) groups is 2. The van der Waals surface area contributed by atoms with E-state index >= 15 is 0 Å². The van der Waals surface area contributed by atoms with E-state index in [1.165, 1.54) is 83.1 Å². The van der Waals surface area contributed by atoms with E-state index in [2.05, 4.69) is 86.4 Å². The first-order valence-electron chi connectivity index (χ1n) is 28.8. The summed E-state index contributed by atoms with van der Waals surface area (Å²) >= 11 is 0. The Hall–Kier alpha value is -3.44. The third-order valence-corrected chi connectivity index (χ3v) is 22.1. The van der Waals surface area contributed by atoms with E-state index in [1.807, 2.05) is 6.92 Å². The number of hydrogen-bond acceptors (Lipinski definition) is 7. The zero-order chi connectivity index (χ0) is 49.7. The summed E-state index contributed by atoms with van der Waals surface area (Å²) in [7, 11) is 0. The van der Waals surface area contributed by atoms with Crippen molar-refractivity contribution in [3.8, 4) is 11.8 Å². The Kier molecular flexibility index (Phi) is 14.6. The normalized spacial score (nSPS) is 40.0. The highest BCUT2D eigenvalue weighted by atomic mass is 16.5. The molecule has 1 aliphatic heterocycles. The number of aliphatic hydroxyl groups is 3. The van der Waals surface area contributed by atoms with Crippen molar-refractivity contribution in [2.45, 2.75) is 218 Å². The molecule has 71 heavy (non-hydrogen) atoms. The third-order valence-electron chi connectivity index (χ3n) is 22.1. The van der Waals surface area contributed by atoms with Crippen LogP contribution in [-0.2, 0) is 30.9 Å². The molecule has 2 aromatic rings. The van der Waals surface area contributed by atoms with Gasteiger partial charge in [-0.25, -0.2) is 4.79 Å². The standard InChI is InChI=1S/C64H88O7/c1-44(16-14-19-47-17-8-5-9-18-47)24-25-55(66)64-56(67)29-32-59(4,58(64)54(71-46(3)65)36-45(2)63(64,69)35-27-49-37-57(68)70-42-49)53-28-33-60-39-50(53)21-15-20-48-26-34-62(38-48,43-60)52(40-60)41-61(30-12-7-13-31-61)51-22-10-6-11-23-51/h5-6,8-11,17-18,22-23,37,44-45,48,50,52-56,58,66-67,69H,7,12-14,16,19-20,24-36,38-43H2,1-4H3. The SMILES string of the molecule is CC(=O)OC1CC(C)C(O)(CCC2=CC(=O)OC2)C2(C(O)CCC(C)CCCc3ccccc3)C(O)CCC(C)(C3CCC45CC3C#CCC3CCC(C3)(C4)C(CC3(c4ccccc4)CCCCC3)C5)C12. The topological polar surface area (TPSA) is 113 Å². The highest BCUT2D eigenvalue weighted by Crippen LogP contribution is 2.73.